The maximum absolute atomic E-state index is 13.1. The van der Waals surface area contributed by atoms with Crippen LogP contribution in [0.2, 0.25) is 0 Å². The molecule has 1 rings (SSSR count). The lowest BCUT2D eigenvalue weighted by Crippen LogP contribution is -2.04. The van der Waals surface area contributed by atoms with Gasteiger partial charge >= 0.3 is 5.97 Å². The first-order valence-corrected chi connectivity index (χ1v) is 4.60. The maximum Gasteiger partial charge on any atom is 0.338 e. The van der Waals surface area contributed by atoms with E-state index in [1.165, 1.54) is 6.92 Å². The Kier molecular flexibility index (Phi) is 2.98. The van der Waals surface area contributed by atoms with Gasteiger partial charge in [-0.25, -0.2) is 9.18 Å². The molecule has 0 saturated carbocycles. The van der Waals surface area contributed by atoms with Crippen molar-refractivity contribution in [2.75, 3.05) is 0 Å². The molecule has 0 spiro atoms. The minimum Gasteiger partial charge on any atom is -0.478 e. The van der Waals surface area contributed by atoms with Crippen molar-refractivity contribution in [3.05, 3.63) is 27.5 Å². The number of halogens is 2. The van der Waals surface area contributed by atoms with E-state index in [-0.39, 0.29) is 5.56 Å². The van der Waals surface area contributed by atoms with Crippen LogP contribution in [0.3, 0.4) is 0 Å². The fourth-order valence-electron chi connectivity index (χ4n) is 0.991. The van der Waals surface area contributed by atoms with Gasteiger partial charge in [0.1, 0.15) is 5.82 Å². The van der Waals surface area contributed by atoms with Crippen molar-refractivity contribution in [1.82, 2.24) is 0 Å². The zero-order valence-corrected chi connectivity index (χ0v) is 9.12. The van der Waals surface area contributed by atoms with Crippen LogP contribution in [0.5, 0.6) is 0 Å². The van der Waals surface area contributed by atoms with E-state index >= 15 is 0 Å². The summed E-state index contributed by atoms with van der Waals surface area (Å²) in [7, 11) is 0. The number of benzene rings is 1. The molecule has 0 heterocycles. The Morgan fingerprint density at radius 3 is 2.69 bits per heavy atom. The smallest absolute Gasteiger partial charge is 0.338 e. The monoisotopic (exact) mass is 264 g/mol. The van der Waals surface area contributed by atoms with Crippen molar-refractivity contribution >= 4 is 34.5 Å². The van der Waals surface area contributed by atoms with Gasteiger partial charge in [-0.2, -0.15) is 0 Å². The van der Waals surface area contributed by atoms with E-state index in [0.717, 1.165) is 6.07 Å². The van der Waals surface area contributed by atoms with E-state index in [0.29, 0.717) is 14.9 Å². The van der Waals surface area contributed by atoms with Crippen molar-refractivity contribution in [3.63, 3.8) is 0 Å². The van der Waals surface area contributed by atoms with Gasteiger partial charge in [0.05, 0.1) is 5.56 Å². The number of carbonyl (C=O) groups is 1. The summed E-state index contributed by atoms with van der Waals surface area (Å²) in [6.07, 6.45) is 0. The third-order valence-electron chi connectivity index (χ3n) is 1.66. The van der Waals surface area contributed by atoms with Crippen LogP contribution in [0, 0.1) is 12.7 Å². The predicted molar refractivity (Wildman–Crippen MR) is 53.0 cm³/mol. The van der Waals surface area contributed by atoms with E-state index in [1.807, 2.05) is 0 Å². The number of carboxylic acid groups (broad SMARTS) is 1. The first kappa shape index (κ1) is 10.5. The van der Waals surface area contributed by atoms with Crippen LogP contribution in [0.15, 0.2) is 15.4 Å². The molecule has 1 aromatic carbocycles. The van der Waals surface area contributed by atoms with E-state index in [9.17, 15) is 9.18 Å². The fraction of sp³-hybridized carbons (Fsp3) is 0.125. The van der Waals surface area contributed by atoms with Gasteiger partial charge in [0.15, 0.2) is 0 Å². The molecular formula is C8H6BrFO2S. The Morgan fingerprint density at radius 1 is 1.69 bits per heavy atom. The quantitative estimate of drug-likeness (QED) is 0.766. The number of hydrogen-bond donors (Lipinski definition) is 2. The number of carboxylic acids is 1. The second kappa shape index (κ2) is 3.67. The minimum absolute atomic E-state index is 0.322. The molecule has 0 aromatic heterocycles. The average Bonchev–Trinajstić information content (AvgIpc) is 1.99. The van der Waals surface area contributed by atoms with Gasteiger partial charge in [-0.05, 0) is 34.5 Å². The standard InChI is InChI=1S/C8H6BrFO2S/c1-3-6(8(11)12)5(10)2-4(9)7(3)13/h2,13H,1H3,(H,11,12). The molecule has 13 heavy (non-hydrogen) atoms. The zero-order chi connectivity index (χ0) is 10.2. The van der Waals surface area contributed by atoms with Crippen LogP contribution in [-0.4, -0.2) is 11.1 Å². The number of hydrogen-bond acceptors (Lipinski definition) is 2. The van der Waals surface area contributed by atoms with Crippen molar-refractivity contribution in [3.8, 4) is 0 Å². The molecular weight excluding hydrogens is 259 g/mol. The molecule has 0 aliphatic rings. The minimum atomic E-state index is -1.28. The summed E-state index contributed by atoms with van der Waals surface area (Å²) in [5.74, 6) is -2.03. The van der Waals surface area contributed by atoms with E-state index < -0.39 is 11.8 Å². The van der Waals surface area contributed by atoms with Crippen LogP contribution < -0.4 is 0 Å². The highest BCUT2D eigenvalue weighted by Crippen LogP contribution is 2.28. The topological polar surface area (TPSA) is 37.3 Å². The molecule has 0 aliphatic heterocycles. The van der Waals surface area contributed by atoms with Crippen molar-refractivity contribution in [2.24, 2.45) is 0 Å². The van der Waals surface area contributed by atoms with Gasteiger partial charge in [0.25, 0.3) is 0 Å². The van der Waals surface area contributed by atoms with E-state index in [1.54, 1.807) is 0 Å². The average molecular weight is 265 g/mol. The van der Waals surface area contributed by atoms with Crippen LogP contribution in [0.4, 0.5) is 4.39 Å². The van der Waals surface area contributed by atoms with Gasteiger partial charge in [-0.15, -0.1) is 12.6 Å². The molecule has 0 fully saturated rings. The van der Waals surface area contributed by atoms with Gasteiger partial charge < -0.3 is 5.11 Å². The van der Waals surface area contributed by atoms with Crippen LogP contribution >= 0.6 is 28.6 Å². The second-order valence-corrected chi connectivity index (χ2v) is 3.80. The van der Waals surface area contributed by atoms with Crippen molar-refractivity contribution < 1.29 is 14.3 Å². The first-order chi connectivity index (χ1) is 5.95. The van der Waals surface area contributed by atoms with E-state index in [4.69, 9.17) is 5.11 Å². The number of thiol groups is 1. The number of rotatable bonds is 1. The summed E-state index contributed by atoms with van der Waals surface area (Å²) in [5, 5.41) is 8.67. The summed E-state index contributed by atoms with van der Waals surface area (Å²) >= 11 is 7.12. The van der Waals surface area contributed by atoms with Crippen molar-refractivity contribution in [1.29, 1.82) is 0 Å². The maximum atomic E-state index is 13.1. The summed E-state index contributed by atoms with van der Waals surface area (Å²) in [4.78, 5) is 11.1. The Balaban J connectivity index is 3.53. The molecule has 0 amide bonds. The highest BCUT2D eigenvalue weighted by Gasteiger charge is 2.17. The molecule has 70 valence electrons. The Morgan fingerprint density at radius 2 is 2.23 bits per heavy atom. The molecule has 2 nitrogen and oxygen atoms in total. The van der Waals surface area contributed by atoms with Gasteiger partial charge in [-0.3, -0.25) is 0 Å². The summed E-state index contributed by atoms with van der Waals surface area (Å²) in [6.45, 7) is 1.51. The third kappa shape index (κ3) is 1.86. The molecule has 1 N–H and O–H groups in total. The summed E-state index contributed by atoms with van der Waals surface area (Å²) in [6, 6.07) is 1.10. The molecule has 0 unspecified atom stereocenters. The summed E-state index contributed by atoms with van der Waals surface area (Å²) in [5.41, 5.74) is -0.00379. The first-order valence-electron chi connectivity index (χ1n) is 3.36. The highest BCUT2D eigenvalue weighted by atomic mass is 79.9. The molecule has 0 saturated heterocycles. The van der Waals surface area contributed by atoms with Gasteiger partial charge in [0, 0.05) is 9.37 Å². The van der Waals surface area contributed by atoms with Crippen LogP contribution in [-0.2, 0) is 0 Å². The Bertz CT molecular complexity index is 379. The highest BCUT2D eigenvalue weighted by molar-refractivity contribution is 9.10. The largest absolute Gasteiger partial charge is 0.478 e. The predicted octanol–water partition coefficient (Wildman–Crippen LogP) is 2.88. The summed E-state index contributed by atoms with van der Waals surface area (Å²) < 4.78 is 13.6. The fourth-order valence-corrected chi connectivity index (χ4v) is 1.67. The molecule has 0 bridgehead atoms. The normalized spacial score (nSPS) is 10.2. The van der Waals surface area contributed by atoms with Crippen LogP contribution in [0.1, 0.15) is 15.9 Å². The SMILES string of the molecule is Cc1c(S)c(Br)cc(F)c1C(=O)O. The van der Waals surface area contributed by atoms with Gasteiger partial charge in [-0.1, -0.05) is 0 Å². The lowest BCUT2D eigenvalue weighted by atomic mass is 10.1. The molecule has 0 radical (unpaired) electrons. The van der Waals surface area contributed by atoms with Crippen molar-refractivity contribution in [2.45, 2.75) is 11.8 Å². The van der Waals surface area contributed by atoms with E-state index in [2.05, 4.69) is 28.6 Å². The molecule has 0 atom stereocenters. The molecule has 5 heteroatoms. The second-order valence-electron chi connectivity index (χ2n) is 2.49. The Labute approximate surface area is 88.3 Å². The Hall–Kier alpha value is -0.550. The van der Waals surface area contributed by atoms with Gasteiger partial charge in [0.2, 0.25) is 0 Å². The lowest BCUT2D eigenvalue weighted by molar-refractivity contribution is 0.0690. The molecule has 0 aliphatic carbocycles. The van der Waals surface area contributed by atoms with Crippen LogP contribution in [0.25, 0.3) is 0 Å². The lowest BCUT2D eigenvalue weighted by Gasteiger charge is -2.06. The zero-order valence-electron chi connectivity index (χ0n) is 6.64. The number of aromatic carboxylic acids is 1. The molecule has 1 aromatic rings. The third-order valence-corrected chi connectivity index (χ3v) is 3.17.